The number of anilines is 2. The molecule has 0 radical (unpaired) electrons. The fraction of sp³-hybridized carbons (Fsp3) is 0.219. The van der Waals surface area contributed by atoms with Gasteiger partial charge in [0.1, 0.15) is 17.5 Å². The maximum Gasteiger partial charge on any atom is 0.338 e. The number of rotatable bonds is 8. The Morgan fingerprint density at radius 2 is 1.71 bits per heavy atom. The third kappa shape index (κ3) is 5.83. The summed E-state index contributed by atoms with van der Waals surface area (Å²) in [6.07, 6.45) is 0. The second-order valence-electron chi connectivity index (χ2n) is 10.3. The number of nitrogens with zero attached hydrogens (tertiary/aromatic N) is 2. The number of methoxy groups -OCH3 is 1. The van der Waals surface area contributed by atoms with E-state index in [1.54, 1.807) is 55.5 Å². The number of amides is 3. The molecule has 1 saturated heterocycles. The monoisotopic (exact) mass is 707 g/mol. The molecule has 1 aromatic heterocycles. The largest absolute Gasteiger partial charge is 0.497 e. The Hall–Kier alpha value is -4.20. The van der Waals surface area contributed by atoms with Gasteiger partial charge in [0.2, 0.25) is 17.7 Å². The van der Waals surface area contributed by atoms with Gasteiger partial charge in [0.25, 0.3) is 0 Å². The molecule has 2 aliphatic heterocycles. The Morgan fingerprint density at radius 3 is 2.38 bits per heavy atom. The molecule has 0 aliphatic carbocycles. The SMILES string of the molecule is CCOC(=O)c1ccc(NC(=O)Cn2c3c(sc2=O)[C@H](c2cccc(Br)c2)C2C(=O)N(c4ccc(OC)cc4)C(=O)C2S3)cc1. The van der Waals surface area contributed by atoms with E-state index >= 15 is 0 Å². The number of fused-ring (bicyclic) bond motifs is 2. The summed E-state index contributed by atoms with van der Waals surface area (Å²) >= 11 is 5.64. The molecule has 13 heteroatoms. The number of thioether (sulfide) groups is 1. The average Bonchev–Trinajstić information content (AvgIpc) is 3.47. The van der Waals surface area contributed by atoms with Crippen LogP contribution in [0.15, 0.2) is 87.1 Å². The highest BCUT2D eigenvalue weighted by Gasteiger charge is 2.56. The predicted molar refractivity (Wildman–Crippen MR) is 174 cm³/mol. The predicted octanol–water partition coefficient (Wildman–Crippen LogP) is 5.29. The number of esters is 1. The van der Waals surface area contributed by atoms with Crippen LogP contribution in [0.4, 0.5) is 11.4 Å². The normalized spacial score (nSPS) is 18.7. The minimum atomic E-state index is -0.810. The fourth-order valence-corrected chi connectivity index (χ4v) is 8.74. The minimum absolute atomic E-state index is 0.248. The van der Waals surface area contributed by atoms with Crippen molar-refractivity contribution < 1.29 is 28.7 Å². The van der Waals surface area contributed by atoms with Crippen molar-refractivity contribution in [2.24, 2.45) is 5.92 Å². The van der Waals surface area contributed by atoms with Crippen LogP contribution in [0, 0.1) is 5.92 Å². The number of benzene rings is 3. The maximum atomic E-state index is 14.0. The van der Waals surface area contributed by atoms with Crippen molar-refractivity contribution in [3.8, 4) is 5.75 Å². The molecule has 0 bridgehead atoms. The van der Waals surface area contributed by atoms with Gasteiger partial charge < -0.3 is 14.8 Å². The minimum Gasteiger partial charge on any atom is -0.497 e. The number of nitrogens with one attached hydrogen (secondary N) is 1. The molecule has 230 valence electrons. The lowest BCUT2D eigenvalue weighted by atomic mass is 9.83. The molecule has 1 N–H and O–H groups in total. The van der Waals surface area contributed by atoms with Crippen molar-refractivity contribution in [1.82, 2.24) is 4.57 Å². The van der Waals surface area contributed by atoms with Crippen LogP contribution in [-0.4, -0.2) is 47.2 Å². The number of thiazole rings is 1. The first kappa shape index (κ1) is 30.8. The first-order valence-electron chi connectivity index (χ1n) is 13.9. The molecular formula is C32H26BrN3O7S2. The van der Waals surface area contributed by atoms with Crippen molar-refractivity contribution in [3.05, 3.63) is 103 Å². The van der Waals surface area contributed by atoms with Gasteiger partial charge in [-0.25, -0.2) is 9.69 Å². The lowest BCUT2D eigenvalue weighted by Gasteiger charge is -2.30. The van der Waals surface area contributed by atoms with Crippen molar-refractivity contribution >= 4 is 74.1 Å². The summed E-state index contributed by atoms with van der Waals surface area (Å²) < 4.78 is 12.4. The molecule has 3 aromatic carbocycles. The zero-order chi connectivity index (χ0) is 31.8. The molecule has 1 fully saturated rings. The standard InChI is InChI=1S/C32H26BrN3O7S2/c1-3-43-31(40)17-7-9-20(10-8-17)34-23(37)16-35-30-27(45-32(35)41)24(18-5-4-6-19(33)15-18)25-26(44-30)29(39)36(28(25)38)21-11-13-22(42-2)14-12-21/h4-15,24-26H,3,16H2,1-2H3,(H,34,37)/t24-,25?,26?/m1/s1. The topological polar surface area (TPSA) is 124 Å². The molecule has 45 heavy (non-hydrogen) atoms. The molecule has 3 amide bonds. The third-order valence-electron chi connectivity index (χ3n) is 7.57. The highest BCUT2D eigenvalue weighted by Crippen LogP contribution is 2.54. The van der Waals surface area contributed by atoms with E-state index in [-0.39, 0.29) is 29.8 Å². The molecule has 2 aliphatic rings. The van der Waals surface area contributed by atoms with Gasteiger partial charge in [-0.1, -0.05) is 51.2 Å². The van der Waals surface area contributed by atoms with Crippen LogP contribution in [-0.2, 0) is 25.7 Å². The van der Waals surface area contributed by atoms with Gasteiger partial charge >= 0.3 is 10.8 Å². The number of aromatic nitrogens is 1. The lowest BCUT2D eigenvalue weighted by molar-refractivity contribution is -0.122. The van der Waals surface area contributed by atoms with Crippen molar-refractivity contribution in [2.45, 2.75) is 29.7 Å². The van der Waals surface area contributed by atoms with E-state index in [0.717, 1.165) is 33.1 Å². The summed E-state index contributed by atoms with van der Waals surface area (Å²) in [5, 5.41) is 2.44. The number of carbonyl (C=O) groups is 4. The van der Waals surface area contributed by atoms with Crippen molar-refractivity contribution in [2.75, 3.05) is 23.9 Å². The number of hydrogen-bond donors (Lipinski definition) is 1. The molecule has 3 heterocycles. The van der Waals surface area contributed by atoms with Gasteiger partial charge in [-0.3, -0.25) is 23.7 Å². The quantitative estimate of drug-likeness (QED) is 0.194. The van der Waals surface area contributed by atoms with E-state index < -0.39 is 29.0 Å². The van der Waals surface area contributed by atoms with E-state index in [2.05, 4.69) is 21.2 Å². The smallest absolute Gasteiger partial charge is 0.338 e. The van der Waals surface area contributed by atoms with E-state index in [1.807, 2.05) is 24.3 Å². The summed E-state index contributed by atoms with van der Waals surface area (Å²) in [4.78, 5) is 67.9. The third-order valence-corrected chi connectivity index (χ3v) is 10.7. The molecular weight excluding hydrogens is 682 g/mol. The Morgan fingerprint density at radius 1 is 0.978 bits per heavy atom. The number of hydrogen-bond acceptors (Lipinski definition) is 9. The average molecular weight is 709 g/mol. The van der Waals surface area contributed by atoms with E-state index in [9.17, 15) is 24.0 Å². The first-order valence-corrected chi connectivity index (χ1v) is 16.4. The number of ether oxygens (including phenoxy) is 2. The fourth-order valence-electron chi connectivity index (χ4n) is 5.55. The van der Waals surface area contributed by atoms with E-state index in [1.165, 1.54) is 16.6 Å². The molecule has 3 atom stereocenters. The van der Waals surface area contributed by atoms with Gasteiger partial charge in [-0.15, -0.1) is 0 Å². The number of halogens is 1. The molecule has 0 spiro atoms. The summed E-state index contributed by atoms with van der Waals surface area (Å²) in [5.41, 5.74) is 2.00. The molecule has 10 nitrogen and oxygen atoms in total. The van der Waals surface area contributed by atoms with E-state index in [0.29, 0.717) is 32.6 Å². The second kappa shape index (κ2) is 12.7. The zero-order valence-corrected chi connectivity index (χ0v) is 27.2. The lowest BCUT2D eigenvalue weighted by Crippen LogP contribution is -2.33. The summed E-state index contributed by atoms with van der Waals surface area (Å²) in [5.74, 6) is -2.41. The van der Waals surface area contributed by atoms with Crippen LogP contribution in [0.3, 0.4) is 0 Å². The highest BCUT2D eigenvalue weighted by molar-refractivity contribution is 9.10. The second-order valence-corrected chi connectivity index (χ2v) is 13.3. The van der Waals surface area contributed by atoms with Gasteiger partial charge in [-0.2, -0.15) is 0 Å². The van der Waals surface area contributed by atoms with Gasteiger partial charge in [0.15, 0.2) is 0 Å². The summed E-state index contributed by atoms with van der Waals surface area (Å²) in [6, 6.07) is 20.4. The van der Waals surface area contributed by atoms with Crippen LogP contribution in [0.25, 0.3) is 0 Å². The zero-order valence-electron chi connectivity index (χ0n) is 24.0. The van der Waals surface area contributed by atoms with E-state index in [4.69, 9.17) is 9.47 Å². The molecule has 4 aromatic rings. The number of imide groups is 1. The van der Waals surface area contributed by atoms with Gasteiger partial charge in [0, 0.05) is 21.0 Å². The van der Waals surface area contributed by atoms with Crippen LogP contribution in [0.1, 0.15) is 33.6 Å². The Bertz CT molecular complexity index is 1870. The first-order chi connectivity index (χ1) is 21.7. The van der Waals surface area contributed by atoms with Crippen LogP contribution >= 0.6 is 39.0 Å². The van der Waals surface area contributed by atoms with Gasteiger partial charge in [-0.05, 0) is 73.2 Å². The van der Waals surface area contributed by atoms with Crippen LogP contribution in [0.5, 0.6) is 5.75 Å². The Kier molecular flexibility index (Phi) is 8.67. The highest BCUT2D eigenvalue weighted by atomic mass is 79.9. The van der Waals surface area contributed by atoms with Crippen molar-refractivity contribution in [1.29, 1.82) is 0 Å². The van der Waals surface area contributed by atoms with Gasteiger partial charge in [0.05, 0.1) is 35.9 Å². The Balaban J connectivity index is 1.33. The summed E-state index contributed by atoms with van der Waals surface area (Å²) in [6.45, 7) is 1.66. The van der Waals surface area contributed by atoms with Crippen LogP contribution in [0.2, 0.25) is 0 Å². The van der Waals surface area contributed by atoms with Crippen molar-refractivity contribution in [3.63, 3.8) is 0 Å². The molecule has 2 unspecified atom stereocenters. The molecule has 0 saturated carbocycles. The maximum absolute atomic E-state index is 14.0. The van der Waals surface area contributed by atoms with Crippen LogP contribution < -0.4 is 19.8 Å². The Labute approximate surface area is 274 Å². The summed E-state index contributed by atoms with van der Waals surface area (Å²) in [7, 11) is 1.54. The number of carbonyl (C=O) groups excluding carboxylic acids is 4. The molecule has 6 rings (SSSR count).